The molecule has 0 saturated heterocycles. The minimum Gasteiger partial charge on any atom is -0.385 e. The highest BCUT2D eigenvalue weighted by molar-refractivity contribution is 5.79. The van der Waals surface area contributed by atoms with Crippen molar-refractivity contribution in [3.63, 3.8) is 0 Å². The molecule has 0 fully saturated rings. The number of rotatable bonds is 12. The molecule has 0 saturated carbocycles. The Morgan fingerprint density at radius 3 is 2.72 bits per heavy atom. The van der Waals surface area contributed by atoms with E-state index in [0.717, 1.165) is 69.5 Å². The second-order valence-electron chi connectivity index (χ2n) is 6.82. The third-order valence-corrected chi connectivity index (χ3v) is 4.39. The van der Waals surface area contributed by atoms with Gasteiger partial charge in [0.2, 0.25) is 0 Å². The number of guanidine groups is 1. The van der Waals surface area contributed by atoms with E-state index in [1.807, 2.05) is 12.3 Å². The fourth-order valence-corrected chi connectivity index (χ4v) is 2.81. The molecule has 2 aromatic rings. The maximum absolute atomic E-state index is 13.1. The Hall–Kier alpha value is -2.45. The molecule has 8 heteroatoms. The lowest BCUT2D eigenvalue weighted by atomic mass is 10.3. The molecule has 2 N–H and O–H groups in total. The third kappa shape index (κ3) is 8.62. The Bertz CT molecular complexity index is 731. The van der Waals surface area contributed by atoms with Crippen molar-refractivity contribution in [2.75, 3.05) is 53.5 Å². The number of hydrogen-bond acceptors (Lipinski definition) is 4. The Morgan fingerprint density at radius 2 is 2.00 bits per heavy atom. The van der Waals surface area contributed by atoms with Gasteiger partial charge >= 0.3 is 0 Å². The zero-order valence-corrected chi connectivity index (χ0v) is 17.7. The summed E-state index contributed by atoms with van der Waals surface area (Å²) in [5.41, 5.74) is 1.81. The molecule has 0 atom stereocenters. The van der Waals surface area contributed by atoms with Crippen LogP contribution in [0.25, 0.3) is 5.69 Å². The zero-order chi connectivity index (χ0) is 20.9. The molecule has 0 amide bonds. The van der Waals surface area contributed by atoms with Crippen LogP contribution in [0.2, 0.25) is 0 Å². The van der Waals surface area contributed by atoms with Crippen LogP contribution in [0.4, 0.5) is 4.39 Å². The van der Waals surface area contributed by atoms with Crippen LogP contribution in [0.5, 0.6) is 0 Å². The van der Waals surface area contributed by atoms with Crippen molar-refractivity contribution in [3.05, 3.63) is 48.0 Å². The van der Waals surface area contributed by atoms with Gasteiger partial charge in [0, 0.05) is 52.5 Å². The van der Waals surface area contributed by atoms with Crippen molar-refractivity contribution in [1.82, 2.24) is 25.3 Å². The van der Waals surface area contributed by atoms with Gasteiger partial charge in [-0.3, -0.25) is 4.99 Å². The quantitative estimate of drug-likeness (QED) is 0.322. The Balaban J connectivity index is 1.76. The Kier molecular flexibility index (Phi) is 10.2. The predicted molar refractivity (Wildman–Crippen MR) is 115 cm³/mol. The number of hydrogen-bond donors (Lipinski definition) is 2. The van der Waals surface area contributed by atoms with E-state index >= 15 is 0 Å². The van der Waals surface area contributed by atoms with Crippen molar-refractivity contribution in [1.29, 1.82) is 0 Å². The summed E-state index contributed by atoms with van der Waals surface area (Å²) in [7, 11) is 3.83. The van der Waals surface area contributed by atoms with Crippen molar-refractivity contribution in [2.24, 2.45) is 4.99 Å². The predicted octanol–water partition coefficient (Wildman–Crippen LogP) is 2.08. The highest BCUT2D eigenvalue weighted by atomic mass is 19.1. The van der Waals surface area contributed by atoms with Crippen LogP contribution in [0.15, 0.2) is 41.5 Å². The van der Waals surface area contributed by atoms with Gasteiger partial charge in [0.05, 0.1) is 17.9 Å². The maximum Gasteiger partial charge on any atom is 0.191 e. The fourth-order valence-electron chi connectivity index (χ4n) is 2.81. The molecular formula is C21H33FN6O. The standard InChI is InChI=1S/C21H33FN6O/c1-4-23-21(25-13-16-27(2)14-5-17-29-3)24-12-10-19-11-15-28(26-19)20-8-6-18(22)7-9-20/h6-9,11,15H,4-5,10,12-14,16-17H2,1-3H3,(H2,23,24,25). The summed E-state index contributed by atoms with van der Waals surface area (Å²) in [6, 6.07) is 8.28. The minimum absolute atomic E-state index is 0.248. The van der Waals surface area contributed by atoms with Gasteiger partial charge in [-0.2, -0.15) is 5.10 Å². The Labute approximate surface area is 173 Å². The van der Waals surface area contributed by atoms with Crippen LogP contribution in [-0.4, -0.2) is 74.1 Å². The van der Waals surface area contributed by atoms with Crippen LogP contribution < -0.4 is 10.6 Å². The number of benzene rings is 1. The van der Waals surface area contributed by atoms with Gasteiger partial charge in [-0.1, -0.05) is 0 Å². The van der Waals surface area contributed by atoms with E-state index in [2.05, 4.69) is 39.6 Å². The fraction of sp³-hybridized carbons (Fsp3) is 0.524. The Morgan fingerprint density at radius 1 is 1.21 bits per heavy atom. The number of aromatic nitrogens is 2. The number of methoxy groups -OCH3 is 1. The average Bonchev–Trinajstić information content (AvgIpc) is 3.17. The summed E-state index contributed by atoms with van der Waals surface area (Å²) >= 11 is 0. The van der Waals surface area contributed by atoms with Crippen LogP contribution >= 0.6 is 0 Å². The lowest BCUT2D eigenvalue weighted by molar-refractivity contribution is 0.180. The highest BCUT2D eigenvalue weighted by Crippen LogP contribution is 2.09. The van der Waals surface area contributed by atoms with E-state index in [9.17, 15) is 4.39 Å². The maximum atomic E-state index is 13.1. The highest BCUT2D eigenvalue weighted by Gasteiger charge is 2.04. The number of halogens is 1. The van der Waals surface area contributed by atoms with Gasteiger partial charge in [0.25, 0.3) is 0 Å². The van der Waals surface area contributed by atoms with E-state index in [1.165, 1.54) is 12.1 Å². The summed E-state index contributed by atoms with van der Waals surface area (Å²) < 4.78 is 19.9. The molecule has 0 radical (unpaired) electrons. The lowest BCUT2D eigenvalue weighted by Gasteiger charge is -2.16. The molecule has 2 rings (SSSR count). The third-order valence-electron chi connectivity index (χ3n) is 4.39. The number of aliphatic imine (C=N–C) groups is 1. The van der Waals surface area contributed by atoms with E-state index in [-0.39, 0.29) is 5.82 Å². The molecule has 1 aromatic carbocycles. The molecule has 1 heterocycles. The van der Waals surface area contributed by atoms with Gasteiger partial charge in [-0.05, 0) is 50.7 Å². The zero-order valence-electron chi connectivity index (χ0n) is 17.7. The first-order chi connectivity index (χ1) is 14.1. The van der Waals surface area contributed by atoms with Gasteiger partial charge in [-0.15, -0.1) is 0 Å². The van der Waals surface area contributed by atoms with Gasteiger partial charge in [-0.25, -0.2) is 9.07 Å². The van der Waals surface area contributed by atoms with E-state index < -0.39 is 0 Å². The number of nitrogens with one attached hydrogen (secondary N) is 2. The first-order valence-electron chi connectivity index (χ1n) is 10.1. The summed E-state index contributed by atoms with van der Waals surface area (Å²) in [5, 5.41) is 11.2. The van der Waals surface area contributed by atoms with Crippen LogP contribution in [0.1, 0.15) is 19.0 Å². The average molecular weight is 405 g/mol. The number of ether oxygens (including phenoxy) is 1. The smallest absolute Gasteiger partial charge is 0.191 e. The van der Waals surface area contributed by atoms with Crippen LogP contribution in [-0.2, 0) is 11.2 Å². The summed E-state index contributed by atoms with van der Waals surface area (Å²) in [4.78, 5) is 6.89. The topological polar surface area (TPSA) is 66.7 Å². The van der Waals surface area contributed by atoms with Crippen LogP contribution in [0, 0.1) is 5.82 Å². The van der Waals surface area contributed by atoms with E-state index in [0.29, 0.717) is 0 Å². The van der Waals surface area contributed by atoms with Gasteiger partial charge in [0.15, 0.2) is 5.96 Å². The van der Waals surface area contributed by atoms with E-state index in [1.54, 1.807) is 23.9 Å². The molecule has 0 aliphatic carbocycles. The second kappa shape index (κ2) is 12.9. The summed E-state index contributed by atoms with van der Waals surface area (Å²) in [6.07, 6.45) is 3.69. The first-order valence-corrected chi connectivity index (χ1v) is 10.1. The van der Waals surface area contributed by atoms with Crippen LogP contribution in [0.3, 0.4) is 0 Å². The van der Waals surface area contributed by atoms with E-state index in [4.69, 9.17) is 4.74 Å². The molecule has 160 valence electrons. The van der Waals surface area contributed by atoms with Crippen molar-refractivity contribution >= 4 is 5.96 Å². The molecule has 1 aromatic heterocycles. The number of likely N-dealkylation sites (N-methyl/N-ethyl adjacent to an activating group) is 1. The molecular weight excluding hydrogens is 371 g/mol. The molecule has 0 unspecified atom stereocenters. The molecule has 0 spiro atoms. The molecule has 0 aliphatic rings. The minimum atomic E-state index is -0.248. The van der Waals surface area contributed by atoms with Gasteiger partial charge < -0.3 is 20.3 Å². The molecule has 0 aliphatic heterocycles. The monoisotopic (exact) mass is 404 g/mol. The lowest BCUT2D eigenvalue weighted by Crippen LogP contribution is -2.39. The largest absolute Gasteiger partial charge is 0.385 e. The molecule has 0 bridgehead atoms. The number of nitrogens with zero attached hydrogens (tertiary/aromatic N) is 4. The molecule has 29 heavy (non-hydrogen) atoms. The van der Waals surface area contributed by atoms with Crippen molar-refractivity contribution in [2.45, 2.75) is 19.8 Å². The SMILES string of the molecule is CCNC(=NCCN(C)CCCOC)NCCc1ccn(-c2ccc(F)cc2)n1. The summed E-state index contributed by atoms with van der Waals surface area (Å²) in [6.45, 7) is 7.03. The van der Waals surface area contributed by atoms with Gasteiger partial charge in [0.1, 0.15) is 5.82 Å². The second-order valence-corrected chi connectivity index (χ2v) is 6.82. The normalized spacial score (nSPS) is 11.8. The molecule has 7 nitrogen and oxygen atoms in total. The first kappa shape index (κ1) is 22.8. The van der Waals surface area contributed by atoms with Crippen molar-refractivity contribution in [3.8, 4) is 5.69 Å². The van der Waals surface area contributed by atoms with Crippen molar-refractivity contribution < 1.29 is 9.13 Å². The summed E-state index contributed by atoms with van der Waals surface area (Å²) in [5.74, 6) is 0.567.